The number of nitrogens with one attached hydrogen (secondary N) is 2. The summed E-state index contributed by atoms with van der Waals surface area (Å²) >= 11 is 0. The van der Waals surface area contributed by atoms with Gasteiger partial charge in [0.2, 0.25) is 5.91 Å². The standard InChI is InChI=1S/C24H35F3N4O5/c1-14(2)28-23(35)30(5)12-20-15(3)11-31(16(4)13-32)22(34)18-10-17(6-7-19(18)36-20)29-21(33)8-9-24(25,26)27/h6-7,10,14-16,20,32H,8-9,11-13H2,1-5H3,(H,28,35)(H,29,33)/t15-,16+,20+/m1/s1. The van der Waals surface area contributed by atoms with Crippen molar-refractivity contribution in [1.82, 2.24) is 15.1 Å². The summed E-state index contributed by atoms with van der Waals surface area (Å²) in [6.45, 7) is 7.41. The molecule has 3 N–H and O–H groups in total. The van der Waals surface area contributed by atoms with Crippen LogP contribution in [-0.4, -0.2) is 83.9 Å². The number of hydrogen-bond donors (Lipinski definition) is 3. The number of nitrogens with zero attached hydrogens (tertiary/aromatic N) is 2. The smallest absolute Gasteiger partial charge is 0.389 e. The van der Waals surface area contributed by atoms with Gasteiger partial charge < -0.3 is 30.3 Å². The molecule has 1 aliphatic heterocycles. The van der Waals surface area contributed by atoms with Crippen LogP contribution in [-0.2, 0) is 4.79 Å². The average Bonchev–Trinajstić information content (AvgIpc) is 2.78. The summed E-state index contributed by atoms with van der Waals surface area (Å²) in [6, 6.07) is 3.39. The van der Waals surface area contributed by atoms with Crippen molar-refractivity contribution in [1.29, 1.82) is 0 Å². The van der Waals surface area contributed by atoms with Crippen LogP contribution >= 0.6 is 0 Å². The summed E-state index contributed by atoms with van der Waals surface area (Å²) in [5.41, 5.74) is 0.239. The molecule has 0 aliphatic carbocycles. The van der Waals surface area contributed by atoms with E-state index in [1.807, 2.05) is 20.8 Å². The van der Waals surface area contributed by atoms with Gasteiger partial charge in [-0.05, 0) is 39.0 Å². The molecule has 3 atom stereocenters. The molecule has 0 saturated heterocycles. The molecule has 2 rings (SSSR count). The Kier molecular flexibility index (Phi) is 9.97. The summed E-state index contributed by atoms with van der Waals surface area (Å²) < 4.78 is 43.5. The molecule has 0 bridgehead atoms. The van der Waals surface area contributed by atoms with Crippen molar-refractivity contribution in [2.75, 3.05) is 32.1 Å². The average molecular weight is 517 g/mol. The van der Waals surface area contributed by atoms with E-state index < -0.39 is 43.0 Å². The molecular formula is C24H35F3N4O5. The molecule has 0 spiro atoms. The molecule has 0 unspecified atom stereocenters. The number of rotatable bonds is 8. The van der Waals surface area contributed by atoms with Crippen molar-refractivity contribution < 1.29 is 37.4 Å². The Bertz CT molecular complexity index is 941. The number of aliphatic hydroxyl groups excluding tert-OH is 1. The molecule has 36 heavy (non-hydrogen) atoms. The van der Waals surface area contributed by atoms with Crippen molar-refractivity contribution >= 4 is 23.5 Å². The zero-order valence-electron chi connectivity index (χ0n) is 21.2. The van der Waals surface area contributed by atoms with E-state index in [9.17, 15) is 32.7 Å². The first-order valence-corrected chi connectivity index (χ1v) is 11.8. The summed E-state index contributed by atoms with van der Waals surface area (Å²) in [7, 11) is 1.63. The van der Waals surface area contributed by atoms with E-state index in [2.05, 4.69) is 10.6 Å². The van der Waals surface area contributed by atoms with E-state index >= 15 is 0 Å². The number of urea groups is 1. The van der Waals surface area contributed by atoms with E-state index in [0.717, 1.165) is 0 Å². The molecule has 1 aromatic rings. The molecule has 1 aliphatic rings. The van der Waals surface area contributed by atoms with Gasteiger partial charge in [-0.3, -0.25) is 9.59 Å². The fourth-order valence-electron chi connectivity index (χ4n) is 3.71. The third kappa shape index (κ3) is 8.28. The summed E-state index contributed by atoms with van der Waals surface area (Å²) in [5.74, 6) is -1.30. The minimum absolute atomic E-state index is 0.0559. The number of aliphatic hydroxyl groups is 1. The van der Waals surface area contributed by atoms with Crippen LogP contribution in [0.1, 0.15) is 50.9 Å². The number of hydrogen-bond acceptors (Lipinski definition) is 5. The minimum Gasteiger partial charge on any atom is -0.487 e. The molecule has 0 radical (unpaired) electrons. The highest BCUT2D eigenvalue weighted by Gasteiger charge is 2.34. The Morgan fingerprint density at radius 3 is 2.53 bits per heavy atom. The molecule has 9 nitrogen and oxygen atoms in total. The Hall–Kier alpha value is -3.02. The van der Waals surface area contributed by atoms with Crippen molar-refractivity contribution in [2.24, 2.45) is 5.92 Å². The first-order valence-electron chi connectivity index (χ1n) is 11.8. The quantitative estimate of drug-likeness (QED) is 0.491. The van der Waals surface area contributed by atoms with Crippen molar-refractivity contribution in [3.8, 4) is 5.75 Å². The van der Waals surface area contributed by atoms with Gasteiger partial charge in [-0.25, -0.2) is 4.79 Å². The van der Waals surface area contributed by atoms with E-state index in [0.29, 0.717) is 0 Å². The van der Waals surface area contributed by atoms with Gasteiger partial charge in [-0.15, -0.1) is 0 Å². The fourth-order valence-corrected chi connectivity index (χ4v) is 3.71. The van der Waals surface area contributed by atoms with Crippen LogP contribution in [0.4, 0.5) is 23.7 Å². The van der Waals surface area contributed by atoms with Crippen LogP contribution < -0.4 is 15.4 Å². The predicted octanol–water partition coefficient (Wildman–Crippen LogP) is 3.24. The molecule has 1 aromatic carbocycles. The number of benzene rings is 1. The highest BCUT2D eigenvalue weighted by molar-refractivity contribution is 5.99. The summed E-state index contributed by atoms with van der Waals surface area (Å²) in [6.07, 6.45) is -6.98. The molecule has 12 heteroatoms. The third-order valence-electron chi connectivity index (χ3n) is 5.80. The Morgan fingerprint density at radius 1 is 1.28 bits per heavy atom. The number of halogens is 3. The second-order valence-electron chi connectivity index (χ2n) is 9.48. The monoisotopic (exact) mass is 516 g/mol. The number of amides is 4. The van der Waals surface area contributed by atoms with Crippen LogP contribution in [0.2, 0.25) is 0 Å². The maximum absolute atomic E-state index is 13.4. The lowest BCUT2D eigenvalue weighted by molar-refractivity contribution is -0.142. The Labute approximate surface area is 209 Å². The van der Waals surface area contributed by atoms with E-state index in [1.54, 1.807) is 14.0 Å². The lowest BCUT2D eigenvalue weighted by Gasteiger charge is -2.38. The van der Waals surface area contributed by atoms with Crippen molar-refractivity contribution in [2.45, 2.75) is 64.9 Å². The number of fused-ring (bicyclic) bond motifs is 1. The van der Waals surface area contributed by atoms with Crippen LogP contribution in [0, 0.1) is 5.92 Å². The van der Waals surface area contributed by atoms with Gasteiger partial charge >= 0.3 is 12.2 Å². The number of likely N-dealkylation sites (N-methyl/N-ethyl adjacent to an activating group) is 1. The Balaban J connectivity index is 2.34. The van der Waals surface area contributed by atoms with Gasteiger partial charge in [0.15, 0.2) is 0 Å². The summed E-state index contributed by atoms with van der Waals surface area (Å²) in [5, 5.41) is 14.9. The van der Waals surface area contributed by atoms with Gasteiger partial charge in [0.1, 0.15) is 11.9 Å². The molecule has 0 saturated carbocycles. The molecule has 4 amide bonds. The topological polar surface area (TPSA) is 111 Å². The van der Waals surface area contributed by atoms with Gasteiger partial charge in [-0.1, -0.05) is 6.92 Å². The van der Waals surface area contributed by atoms with Gasteiger partial charge in [0, 0.05) is 37.7 Å². The molecular weight excluding hydrogens is 481 g/mol. The molecule has 1 heterocycles. The SMILES string of the molecule is CC(C)NC(=O)N(C)C[C@@H]1Oc2ccc(NC(=O)CCC(F)(F)F)cc2C(=O)N([C@@H](C)CO)C[C@H]1C. The highest BCUT2D eigenvalue weighted by Crippen LogP contribution is 2.31. The van der Waals surface area contributed by atoms with Crippen LogP contribution in [0.3, 0.4) is 0 Å². The zero-order chi connectivity index (χ0) is 27.2. The molecule has 0 fully saturated rings. The van der Waals surface area contributed by atoms with E-state index in [1.165, 1.54) is 28.0 Å². The van der Waals surface area contributed by atoms with Gasteiger partial charge in [0.05, 0.1) is 31.2 Å². The van der Waals surface area contributed by atoms with Gasteiger partial charge in [-0.2, -0.15) is 13.2 Å². The normalized spacial score (nSPS) is 19.1. The first-order chi connectivity index (χ1) is 16.7. The van der Waals surface area contributed by atoms with Crippen molar-refractivity contribution in [3.05, 3.63) is 23.8 Å². The number of carbonyl (C=O) groups is 3. The van der Waals surface area contributed by atoms with Crippen LogP contribution in [0.15, 0.2) is 18.2 Å². The number of alkyl halides is 3. The molecule has 0 aromatic heterocycles. The lowest BCUT2D eigenvalue weighted by atomic mass is 9.99. The maximum atomic E-state index is 13.4. The van der Waals surface area contributed by atoms with Gasteiger partial charge in [0.25, 0.3) is 5.91 Å². The zero-order valence-corrected chi connectivity index (χ0v) is 21.2. The predicted molar refractivity (Wildman–Crippen MR) is 128 cm³/mol. The highest BCUT2D eigenvalue weighted by atomic mass is 19.4. The number of ether oxygens (including phenoxy) is 1. The number of carbonyl (C=O) groups excluding carboxylic acids is 3. The Morgan fingerprint density at radius 2 is 1.94 bits per heavy atom. The maximum Gasteiger partial charge on any atom is 0.389 e. The first kappa shape index (κ1) is 29.2. The largest absolute Gasteiger partial charge is 0.487 e. The van der Waals surface area contributed by atoms with Crippen LogP contribution in [0.25, 0.3) is 0 Å². The van der Waals surface area contributed by atoms with Crippen LogP contribution in [0.5, 0.6) is 5.75 Å². The minimum atomic E-state index is -4.46. The lowest BCUT2D eigenvalue weighted by Crippen LogP contribution is -2.51. The second kappa shape index (κ2) is 12.3. The third-order valence-corrected chi connectivity index (χ3v) is 5.80. The molecule has 202 valence electrons. The second-order valence-corrected chi connectivity index (χ2v) is 9.48. The summed E-state index contributed by atoms with van der Waals surface area (Å²) in [4.78, 5) is 40.8. The fraction of sp³-hybridized carbons (Fsp3) is 0.625. The van der Waals surface area contributed by atoms with E-state index in [-0.39, 0.29) is 54.7 Å². The van der Waals surface area contributed by atoms with Crippen molar-refractivity contribution in [3.63, 3.8) is 0 Å². The number of anilines is 1. The van der Waals surface area contributed by atoms with E-state index in [4.69, 9.17) is 4.74 Å².